The molecule has 0 aromatic heterocycles. The largest absolute Gasteiger partial charge is 0.497 e. The van der Waals surface area contributed by atoms with E-state index in [2.05, 4.69) is 55.4 Å². The lowest BCUT2D eigenvalue weighted by Gasteiger charge is -2.32. The summed E-state index contributed by atoms with van der Waals surface area (Å²) in [4.78, 5) is 14.9. The number of hydrogen-bond acceptors (Lipinski definition) is 7. The van der Waals surface area contributed by atoms with Gasteiger partial charge in [0, 0.05) is 18.8 Å². The Morgan fingerprint density at radius 3 is 1.68 bits per heavy atom. The molecule has 2 saturated heterocycles. The SMILES string of the molecule is COc1ccc(CN(CCCCC(B2OC(C)(C)C(C)(C)O2)B2OC(C)(C)C(C)(C)O2)C(=O)OC(C)(C)C)cc1. The van der Waals surface area contributed by atoms with Crippen LogP contribution in [-0.4, -0.2) is 66.9 Å². The quantitative estimate of drug-likeness (QED) is 0.233. The normalized spacial score (nSPS) is 21.1. The summed E-state index contributed by atoms with van der Waals surface area (Å²) in [6, 6.07) is 7.76. The van der Waals surface area contributed by atoms with Crippen LogP contribution in [0.5, 0.6) is 5.75 Å². The summed E-state index contributed by atoms with van der Waals surface area (Å²) in [5.74, 6) is 0.782. The van der Waals surface area contributed by atoms with Crippen LogP contribution in [0.15, 0.2) is 24.3 Å². The summed E-state index contributed by atoms with van der Waals surface area (Å²) in [5, 5.41) is 0. The van der Waals surface area contributed by atoms with Crippen LogP contribution in [0.3, 0.4) is 0 Å². The highest BCUT2D eigenvalue weighted by Crippen LogP contribution is 2.46. The lowest BCUT2D eigenvalue weighted by molar-refractivity contribution is 0.00578. The van der Waals surface area contributed by atoms with Gasteiger partial charge in [-0.3, -0.25) is 0 Å². The van der Waals surface area contributed by atoms with Crippen molar-refractivity contribution in [2.75, 3.05) is 13.7 Å². The van der Waals surface area contributed by atoms with Crippen molar-refractivity contribution in [2.24, 2.45) is 0 Å². The molecule has 0 spiro atoms. The highest BCUT2D eigenvalue weighted by atomic mass is 16.7. The molecular formula is C30H51B2NO7. The van der Waals surface area contributed by atoms with E-state index < -0.39 is 42.2 Å². The maximum Gasteiger partial charge on any atom is 0.458 e. The van der Waals surface area contributed by atoms with Crippen molar-refractivity contribution >= 4 is 20.3 Å². The fourth-order valence-corrected chi connectivity index (χ4v) is 4.72. The maximum absolute atomic E-state index is 13.1. The summed E-state index contributed by atoms with van der Waals surface area (Å²) in [6.07, 6.45) is 2.06. The molecule has 8 nitrogen and oxygen atoms in total. The molecule has 0 atom stereocenters. The van der Waals surface area contributed by atoms with Crippen molar-refractivity contribution in [3.05, 3.63) is 29.8 Å². The smallest absolute Gasteiger partial charge is 0.458 e. The first-order valence-electron chi connectivity index (χ1n) is 14.6. The van der Waals surface area contributed by atoms with Gasteiger partial charge in [-0.15, -0.1) is 0 Å². The van der Waals surface area contributed by atoms with Gasteiger partial charge in [-0.1, -0.05) is 25.0 Å². The monoisotopic (exact) mass is 559 g/mol. The van der Waals surface area contributed by atoms with Crippen LogP contribution in [0.4, 0.5) is 4.79 Å². The fourth-order valence-electron chi connectivity index (χ4n) is 4.72. The van der Waals surface area contributed by atoms with Crippen LogP contribution in [0.2, 0.25) is 5.72 Å². The standard InChI is InChI=1S/C30H51B2NO7/c1-26(2,3)36-25(34)33(21-22-16-18-23(35-12)19-17-22)20-14-13-15-24(31-37-27(4,5)28(6,7)38-31)32-39-29(8,9)30(10,11)40-32/h16-19,24H,13-15,20-21H2,1-12H3. The molecule has 0 saturated carbocycles. The third kappa shape index (κ3) is 7.75. The molecule has 2 aliphatic heterocycles. The molecule has 0 radical (unpaired) electrons. The number of benzene rings is 1. The van der Waals surface area contributed by atoms with Gasteiger partial charge in [0.05, 0.1) is 29.5 Å². The van der Waals surface area contributed by atoms with E-state index in [1.807, 2.05) is 45.0 Å². The molecule has 10 heteroatoms. The Morgan fingerprint density at radius 2 is 1.27 bits per heavy atom. The molecule has 2 fully saturated rings. The van der Waals surface area contributed by atoms with E-state index in [9.17, 15) is 4.79 Å². The minimum Gasteiger partial charge on any atom is -0.497 e. The van der Waals surface area contributed by atoms with Gasteiger partial charge < -0.3 is 33.0 Å². The molecule has 1 amide bonds. The Labute approximate surface area is 243 Å². The van der Waals surface area contributed by atoms with Crippen LogP contribution in [0, 0.1) is 0 Å². The van der Waals surface area contributed by atoms with Crippen LogP contribution in [-0.2, 0) is 29.9 Å². The molecule has 3 rings (SSSR count). The van der Waals surface area contributed by atoms with Gasteiger partial charge >= 0.3 is 20.3 Å². The molecule has 2 heterocycles. The van der Waals surface area contributed by atoms with Crippen LogP contribution >= 0.6 is 0 Å². The van der Waals surface area contributed by atoms with Crippen molar-refractivity contribution < 1.29 is 32.9 Å². The average Bonchev–Trinajstić information content (AvgIpc) is 3.16. The van der Waals surface area contributed by atoms with Crippen LogP contribution < -0.4 is 4.74 Å². The Morgan fingerprint density at radius 1 is 0.825 bits per heavy atom. The summed E-state index contributed by atoms with van der Waals surface area (Å²) in [7, 11) is 0.726. The molecule has 0 bridgehead atoms. The predicted octanol–water partition coefficient (Wildman–Crippen LogP) is 6.70. The van der Waals surface area contributed by atoms with Gasteiger partial charge in [0.1, 0.15) is 11.4 Å². The number of carbonyl (C=O) groups is 1. The topological polar surface area (TPSA) is 75.7 Å². The summed E-state index contributed by atoms with van der Waals surface area (Å²) in [5.41, 5.74) is -1.50. The zero-order valence-electron chi connectivity index (χ0n) is 26.9. The third-order valence-electron chi connectivity index (χ3n) is 8.64. The van der Waals surface area contributed by atoms with Gasteiger partial charge in [0.2, 0.25) is 0 Å². The number of carbonyl (C=O) groups excluding carboxylic acids is 1. The highest BCUT2D eigenvalue weighted by Gasteiger charge is 2.61. The Bertz CT molecular complexity index is 936. The second-order valence-electron chi connectivity index (χ2n) is 14.2. The fraction of sp³-hybridized carbons (Fsp3) is 0.767. The van der Waals surface area contributed by atoms with E-state index in [-0.39, 0.29) is 11.8 Å². The summed E-state index contributed by atoms with van der Waals surface area (Å²) >= 11 is 0. The van der Waals surface area contributed by atoms with E-state index in [4.69, 9.17) is 28.1 Å². The number of rotatable bonds is 10. The van der Waals surface area contributed by atoms with E-state index in [0.29, 0.717) is 13.1 Å². The van der Waals surface area contributed by atoms with Gasteiger partial charge in [-0.05, 0) is 100 Å². The molecule has 0 unspecified atom stereocenters. The van der Waals surface area contributed by atoms with Crippen molar-refractivity contribution in [3.8, 4) is 5.75 Å². The first kappa shape index (κ1) is 32.8. The summed E-state index contributed by atoms with van der Waals surface area (Å²) in [6.45, 7) is 23.2. The Balaban J connectivity index is 1.71. The van der Waals surface area contributed by atoms with Gasteiger partial charge in [0.25, 0.3) is 0 Å². The zero-order valence-corrected chi connectivity index (χ0v) is 26.9. The summed E-state index contributed by atoms with van der Waals surface area (Å²) < 4.78 is 36.9. The van der Waals surface area contributed by atoms with Crippen LogP contribution in [0.1, 0.15) is 101 Å². The molecular weight excluding hydrogens is 508 g/mol. The van der Waals surface area contributed by atoms with Crippen molar-refractivity contribution in [1.82, 2.24) is 4.90 Å². The predicted molar refractivity (Wildman–Crippen MR) is 159 cm³/mol. The number of amides is 1. The highest BCUT2D eigenvalue weighted by molar-refractivity contribution is 6.68. The van der Waals surface area contributed by atoms with E-state index >= 15 is 0 Å². The Kier molecular flexibility index (Phi) is 9.72. The van der Waals surface area contributed by atoms with E-state index in [1.54, 1.807) is 12.0 Å². The second-order valence-corrected chi connectivity index (χ2v) is 14.2. The first-order chi connectivity index (χ1) is 18.3. The lowest BCUT2D eigenvalue weighted by atomic mass is 9.50. The molecule has 1 aromatic carbocycles. The number of ether oxygens (including phenoxy) is 2. The maximum atomic E-state index is 13.1. The molecule has 40 heavy (non-hydrogen) atoms. The van der Waals surface area contributed by atoms with Crippen molar-refractivity contribution in [1.29, 1.82) is 0 Å². The molecule has 0 N–H and O–H groups in total. The number of unbranched alkanes of at least 4 members (excludes halogenated alkanes) is 1. The number of methoxy groups -OCH3 is 1. The zero-order chi connectivity index (χ0) is 30.1. The number of nitrogens with zero attached hydrogens (tertiary/aromatic N) is 1. The minimum absolute atomic E-state index is 0.126. The average molecular weight is 559 g/mol. The number of hydrogen-bond donors (Lipinski definition) is 0. The van der Waals surface area contributed by atoms with Gasteiger partial charge in [0.15, 0.2) is 0 Å². The van der Waals surface area contributed by atoms with Gasteiger partial charge in [-0.2, -0.15) is 0 Å². The Hall–Kier alpha value is -1.74. The molecule has 224 valence electrons. The molecule has 0 aliphatic carbocycles. The van der Waals surface area contributed by atoms with Crippen LogP contribution in [0.25, 0.3) is 0 Å². The van der Waals surface area contributed by atoms with E-state index in [1.165, 1.54) is 0 Å². The third-order valence-corrected chi connectivity index (χ3v) is 8.64. The van der Waals surface area contributed by atoms with Gasteiger partial charge in [-0.25, -0.2) is 4.79 Å². The molecule has 2 aliphatic rings. The van der Waals surface area contributed by atoms with Crippen molar-refractivity contribution in [3.63, 3.8) is 0 Å². The second kappa shape index (κ2) is 11.9. The van der Waals surface area contributed by atoms with Crippen molar-refractivity contribution in [2.45, 2.75) is 136 Å². The lowest BCUT2D eigenvalue weighted by Crippen LogP contribution is -2.41. The molecule has 1 aromatic rings. The van der Waals surface area contributed by atoms with E-state index in [0.717, 1.165) is 30.6 Å². The minimum atomic E-state index is -0.576. The first-order valence-corrected chi connectivity index (χ1v) is 14.6.